The number of aromatic amines is 1. The summed E-state index contributed by atoms with van der Waals surface area (Å²) in [6.07, 6.45) is 1.12. The third kappa shape index (κ3) is 2.67. The molecule has 4 nitrogen and oxygen atoms in total. The fourth-order valence-electron chi connectivity index (χ4n) is 1.47. The number of hydrogen-bond acceptors (Lipinski definition) is 3. The van der Waals surface area contributed by atoms with Gasteiger partial charge in [0.2, 0.25) is 0 Å². The molecule has 0 unspecified atom stereocenters. The first kappa shape index (κ1) is 10.8. The Morgan fingerprint density at radius 2 is 2.06 bits per heavy atom. The molecule has 1 heterocycles. The monoisotopic (exact) mass is 216 g/mol. The molecule has 0 radical (unpaired) electrons. The van der Waals surface area contributed by atoms with Crippen LogP contribution in [0.15, 0.2) is 30.3 Å². The molecule has 0 fully saturated rings. The number of rotatable bonds is 5. The lowest BCUT2D eigenvalue weighted by atomic mass is 10.2. The molecule has 0 atom stereocenters. The summed E-state index contributed by atoms with van der Waals surface area (Å²) < 4.78 is 0. The van der Waals surface area contributed by atoms with E-state index in [2.05, 4.69) is 27.4 Å². The molecule has 84 valence electrons. The fourth-order valence-corrected chi connectivity index (χ4v) is 1.47. The van der Waals surface area contributed by atoms with Crippen LogP contribution in [-0.2, 0) is 6.54 Å². The molecule has 2 rings (SSSR count). The number of hydrogen-bond donors (Lipinski definition) is 2. The van der Waals surface area contributed by atoms with Gasteiger partial charge >= 0.3 is 0 Å². The van der Waals surface area contributed by atoms with Crippen molar-refractivity contribution in [2.45, 2.75) is 19.9 Å². The summed E-state index contributed by atoms with van der Waals surface area (Å²) >= 11 is 0. The lowest BCUT2D eigenvalue weighted by molar-refractivity contribution is 0.652. The predicted molar refractivity (Wildman–Crippen MR) is 63.8 cm³/mol. The van der Waals surface area contributed by atoms with Crippen LogP contribution in [0.5, 0.6) is 0 Å². The Labute approximate surface area is 95.1 Å². The topological polar surface area (TPSA) is 53.6 Å². The van der Waals surface area contributed by atoms with Crippen LogP contribution in [0.3, 0.4) is 0 Å². The standard InChI is InChI=1S/C12H16N4/c1-2-8-13-9-11-14-12(16-15-11)10-6-4-3-5-7-10/h3-7,13H,2,8-9H2,1H3,(H,14,15,16). The molecule has 2 aromatic rings. The highest BCUT2D eigenvalue weighted by Crippen LogP contribution is 2.12. The molecular weight excluding hydrogens is 200 g/mol. The van der Waals surface area contributed by atoms with E-state index in [0.717, 1.165) is 36.7 Å². The zero-order valence-corrected chi connectivity index (χ0v) is 9.40. The van der Waals surface area contributed by atoms with Gasteiger partial charge in [-0.25, -0.2) is 4.98 Å². The van der Waals surface area contributed by atoms with Gasteiger partial charge in [0.25, 0.3) is 0 Å². The van der Waals surface area contributed by atoms with Crippen molar-refractivity contribution in [1.29, 1.82) is 0 Å². The van der Waals surface area contributed by atoms with E-state index >= 15 is 0 Å². The number of H-pyrrole nitrogens is 1. The average molecular weight is 216 g/mol. The van der Waals surface area contributed by atoms with Crippen molar-refractivity contribution in [3.63, 3.8) is 0 Å². The third-order valence-corrected chi connectivity index (χ3v) is 2.28. The number of aromatic nitrogens is 3. The first-order valence-electron chi connectivity index (χ1n) is 5.57. The van der Waals surface area contributed by atoms with Gasteiger partial charge < -0.3 is 5.32 Å². The lowest BCUT2D eigenvalue weighted by Crippen LogP contribution is -2.14. The van der Waals surface area contributed by atoms with Gasteiger partial charge in [-0.3, -0.25) is 5.10 Å². The summed E-state index contributed by atoms with van der Waals surface area (Å²) in [5.41, 5.74) is 1.04. The largest absolute Gasteiger partial charge is 0.310 e. The Balaban J connectivity index is 2.02. The molecule has 0 bridgehead atoms. The van der Waals surface area contributed by atoms with Gasteiger partial charge in [-0.05, 0) is 13.0 Å². The summed E-state index contributed by atoms with van der Waals surface area (Å²) in [4.78, 5) is 4.42. The van der Waals surface area contributed by atoms with Crippen molar-refractivity contribution in [2.75, 3.05) is 6.54 Å². The predicted octanol–water partition coefficient (Wildman–Crippen LogP) is 1.97. The molecule has 0 amide bonds. The van der Waals surface area contributed by atoms with Crippen molar-refractivity contribution in [3.05, 3.63) is 36.2 Å². The molecular formula is C12H16N4. The molecule has 0 saturated heterocycles. The minimum Gasteiger partial charge on any atom is -0.310 e. The first-order chi connectivity index (χ1) is 7.90. The summed E-state index contributed by atoms with van der Waals surface area (Å²) in [7, 11) is 0. The van der Waals surface area contributed by atoms with Crippen molar-refractivity contribution >= 4 is 0 Å². The third-order valence-electron chi connectivity index (χ3n) is 2.28. The smallest absolute Gasteiger partial charge is 0.181 e. The summed E-state index contributed by atoms with van der Waals surface area (Å²) in [6, 6.07) is 9.97. The summed E-state index contributed by atoms with van der Waals surface area (Å²) in [5.74, 6) is 1.64. The molecule has 0 aliphatic heterocycles. The van der Waals surface area contributed by atoms with E-state index in [9.17, 15) is 0 Å². The van der Waals surface area contributed by atoms with Crippen LogP contribution in [0.4, 0.5) is 0 Å². The number of nitrogens with one attached hydrogen (secondary N) is 2. The summed E-state index contributed by atoms with van der Waals surface area (Å²) in [5, 5.41) is 10.4. The zero-order valence-electron chi connectivity index (χ0n) is 9.40. The quantitative estimate of drug-likeness (QED) is 0.751. The van der Waals surface area contributed by atoms with E-state index < -0.39 is 0 Å². The van der Waals surface area contributed by atoms with Gasteiger partial charge in [0.05, 0.1) is 6.54 Å². The lowest BCUT2D eigenvalue weighted by Gasteiger charge is -1.97. The number of nitrogens with zero attached hydrogens (tertiary/aromatic N) is 2. The van der Waals surface area contributed by atoms with E-state index in [1.54, 1.807) is 0 Å². The minimum absolute atomic E-state index is 0.744. The fraction of sp³-hybridized carbons (Fsp3) is 0.333. The van der Waals surface area contributed by atoms with Crippen molar-refractivity contribution < 1.29 is 0 Å². The SMILES string of the molecule is CCCNCc1nc(-c2ccccc2)n[nH]1. The second-order valence-corrected chi connectivity index (χ2v) is 3.65. The molecule has 0 aliphatic rings. The Bertz CT molecular complexity index is 422. The van der Waals surface area contributed by atoms with Crippen LogP contribution in [0.25, 0.3) is 11.4 Å². The Morgan fingerprint density at radius 1 is 1.25 bits per heavy atom. The molecule has 4 heteroatoms. The van der Waals surface area contributed by atoms with Crippen molar-refractivity contribution in [3.8, 4) is 11.4 Å². The van der Waals surface area contributed by atoms with E-state index in [4.69, 9.17) is 0 Å². The molecule has 1 aromatic heterocycles. The second kappa shape index (κ2) is 5.42. The maximum atomic E-state index is 4.42. The Kier molecular flexibility index (Phi) is 3.66. The van der Waals surface area contributed by atoms with Gasteiger partial charge in [0, 0.05) is 5.56 Å². The second-order valence-electron chi connectivity index (χ2n) is 3.65. The van der Waals surface area contributed by atoms with E-state index in [1.807, 2.05) is 30.3 Å². The van der Waals surface area contributed by atoms with Gasteiger partial charge in [0.1, 0.15) is 5.82 Å². The van der Waals surface area contributed by atoms with E-state index in [1.165, 1.54) is 0 Å². The molecule has 1 aromatic carbocycles. The zero-order chi connectivity index (χ0) is 11.2. The highest BCUT2D eigenvalue weighted by atomic mass is 15.2. The van der Waals surface area contributed by atoms with Gasteiger partial charge in [-0.1, -0.05) is 37.3 Å². The van der Waals surface area contributed by atoms with Gasteiger partial charge in [-0.2, -0.15) is 5.10 Å². The Hall–Kier alpha value is -1.68. The molecule has 2 N–H and O–H groups in total. The van der Waals surface area contributed by atoms with Crippen LogP contribution >= 0.6 is 0 Å². The average Bonchev–Trinajstić information content (AvgIpc) is 2.79. The molecule has 0 aliphatic carbocycles. The highest BCUT2D eigenvalue weighted by molar-refractivity contribution is 5.53. The van der Waals surface area contributed by atoms with Crippen molar-refractivity contribution in [1.82, 2.24) is 20.5 Å². The van der Waals surface area contributed by atoms with Crippen LogP contribution in [0.1, 0.15) is 19.2 Å². The van der Waals surface area contributed by atoms with E-state index in [0.29, 0.717) is 0 Å². The normalized spacial score (nSPS) is 10.6. The molecule has 16 heavy (non-hydrogen) atoms. The van der Waals surface area contributed by atoms with E-state index in [-0.39, 0.29) is 0 Å². The van der Waals surface area contributed by atoms with Gasteiger partial charge in [-0.15, -0.1) is 0 Å². The maximum Gasteiger partial charge on any atom is 0.181 e. The van der Waals surface area contributed by atoms with Crippen LogP contribution in [-0.4, -0.2) is 21.7 Å². The van der Waals surface area contributed by atoms with Crippen LogP contribution in [0, 0.1) is 0 Å². The van der Waals surface area contributed by atoms with Crippen molar-refractivity contribution in [2.24, 2.45) is 0 Å². The van der Waals surface area contributed by atoms with Crippen LogP contribution < -0.4 is 5.32 Å². The summed E-state index contributed by atoms with van der Waals surface area (Å²) in [6.45, 7) is 3.89. The molecule has 0 saturated carbocycles. The maximum absolute atomic E-state index is 4.42. The Morgan fingerprint density at radius 3 is 2.81 bits per heavy atom. The first-order valence-corrected chi connectivity index (χ1v) is 5.57. The molecule has 0 spiro atoms. The van der Waals surface area contributed by atoms with Crippen LogP contribution in [0.2, 0.25) is 0 Å². The minimum atomic E-state index is 0.744. The highest BCUT2D eigenvalue weighted by Gasteiger charge is 2.04. The van der Waals surface area contributed by atoms with Gasteiger partial charge in [0.15, 0.2) is 5.82 Å². The number of benzene rings is 1.